The Morgan fingerprint density at radius 1 is 0.875 bits per heavy atom. The smallest absolute Gasteiger partial charge is 0.201 e. The Labute approximate surface area is 137 Å². The molecule has 24 heavy (non-hydrogen) atoms. The number of phenolic OH excluding ortho intramolecular Hbond substituents is 2. The summed E-state index contributed by atoms with van der Waals surface area (Å²) in [5, 5.41) is 20.3. The van der Waals surface area contributed by atoms with E-state index in [1.807, 2.05) is 6.92 Å². The van der Waals surface area contributed by atoms with Gasteiger partial charge in [0, 0.05) is 23.1 Å². The van der Waals surface area contributed by atoms with Gasteiger partial charge in [-0.2, -0.15) is 0 Å². The highest BCUT2D eigenvalue weighted by Gasteiger charge is 2.39. The van der Waals surface area contributed by atoms with Gasteiger partial charge >= 0.3 is 0 Å². The third kappa shape index (κ3) is 1.78. The lowest BCUT2D eigenvalue weighted by Gasteiger charge is -2.27. The first-order valence-electron chi connectivity index (χ1n) is 7.73. The monoisotopic (exact) mass is 322 g/mol. The predicted molar refractivity (Wildman–Crippen MR) is 84.9 cm³/mol. The van der Waals surface area contributed by atoms with Crippen LogP contribution in [0.5, 0.6) is 11.5 Å². The molecule has 0 radical (unpaired) electrons. The molecule has 2 N–H and O–H groups in total. The van der Waals surface area contributed by atoms with E-state index in [0.29, 0.717) is 18.4 Å². The average molecular weight is 322 g/mol. The number of carbonyl (C=O) groups is 3. The first-order valence-corrected chi connectivity index (χ1v) is 7.73. The Hall–Kier alpha value is -2.95. The van der Waals surface area contributed by atoms with Crippen molar-refractivity contribution in [2.75, 3.05) is 0 Å². The SMILES string of the molecule is C[C@@H]1CC(=O)c2c(cc(O)c3c2C(=O)c2cccc(O)c2C3=O)C1. The van der Waals surface area contributed by atoms with Crippen molar-refractivity contribution in [3.8, 4) is 11.5 Å². The maximum atomic E-state index is 12.9. The zero-order chi connectivity index (χ0) is 17.2. The fraction of sp³-hybridized carbons (Fsp3) is 0.211. The van der Waals surface area contributed by atoms with Gasteiger partial charge in [0.05, 0.1) is 11.1 Å². The van der Waals surface area contributed by atoms with Gasteiger partial charge < -0.3 is 10.2 Å². The van der Waals surface area contributed by atoms with E-state index in [0.717, 1.165) is 0 Å². The number of carbonyl (C=O) groups excluding carboxylic acids is 3. The van der Waals surface area contributed by atoms with Crippen molar-refractivity contribution in [1.29, 1.82) is 0 Å². The third-order valence-electron chi connectivity index (χ3n) is 4.74. The van der Waals surface area contributed by atoms with Crippen molar-refractivity contribution in [3.05, 3.63) is 57.6 Å². The maximum absolute atomic E-state index is 12.9. The summed E-state index contributed by atoms with van der Waals surface area (Å²) in [5.74, 6) is -1.85. The highest BCUT2D eigenvalue weighted by atomic mass is 16.3. The molecule has 2 aromatic carbocycles. The van der Waals surface area contributed by atoms with Gasteiger partial charge in [0.1, 0.15) is 11.5 Å². The van der Waals surface area contributed by atoms with E-state index in [1.54, 1.807) is 0 Å². The molecular weight excluding hydrogens is 308 g/mol. The van der Waals surface area contributed by atoms with Gasteiger partial charge in [-0.15, -0.1) is 0 Å². The molecule has 5 heteroatoms. The molecule has 0 saturated carbocycles. The molecule has 0 fully saturated rings. The van der Waals surface area contributed by atoms with Crippen LogP contribution in [0.3, 0.4) is 0 Å². The molecule has 0 aliphatic heterocycles. The molecule has 2 aromatic rings. The second kappa shape index (κ2) is 4.77. The molecule has 5 nitrogen and oxygen atoms in total. The first kappa shape index (κ1) is 14.6. The zero-order valence-electron chi connectivity index (χ0n) is 12.9. The van der Waals surface area contributed by atoms with Crippen LogP contribution in [0.25, 0.3) is 0 Å². The van der Waals surface area contributed by atoms with Gasteiger partial charge in [0.25, 0.3) is 0 Å². The number of Topliss-reactive ketones (excluding diaryl/α,β-unsaturated/α-hetero) is 1. The summed E-state index contributed by atoms with van der Waals surface area (Å²) >= 11 is 0. The summed E-state index contributed by atoms with van der Waals surface area (Å²) in [5.41, 5.74) is 0.572. The van der Waals surface area contributed by atoms with E-state index < -0.39 is 11.6 Å². The Bertz CT molecular complexity index is 955. The second-order valence-electron chi connectivity index (χ2n) is 6.47. The minimum atomic E-state index is -0.635. The fourth-order valence-electron chi connectivity index (χ4n) is 3.75. The number of fused-ring (bicyclic) bond motifs is 4. The molecule has 0 heterocycles. The minimum Gasteiger partial charge on any atom is -0.507 e. The highest BCUT2D eigenvalue weighted by Crippen LogP contribution is 2.41. The lowest BCUT2D eigenvalue weighted by molar-refractivity contribution is 0.0934. The van der Waals surface area contributed by atoms with Crippen LogP contribution < -0.4 is 0 Å². The summed E-state index contributed by atoms with van der Waals surface area (Å²) in [6, 6.07) is 5.64. The molecule has 2 aliphatic carbocycles. The van der Waals surface area contributed by atoms with Crippen LogP contribution in [0.1, 0.15) is 61.1 Å². The predicted octanol–water partition coefficient (Wildman–Crippen LogP) is 2.64. The van der Waals surface area contributed by atoms with Gasteiger partial charge in [-0.05, 0) is 30.0 Å². The molecule has 0 bridgehead atoms. The first-order chi connectivity index (χ1) is 11.4. The molecule has 0 unspecified atom stereocenters. The number of phenols is 2. The van der Waals surface area contributed by atoms with Crippen LogP contribution in [0, 0.1) is 5.92 Å². The largest absolute Gasteiger partial charge is 0.507 e. The number of benzene rings is 2. The molecular formula is C19H14O5. The molecule has 0 spiro atoms. The lowest BCUT2D eigenvalue weighted by Crippen LogP contribution is -2.28. The third-order valence-corrected chi connectivity index (χ3v) is 4.74. The Balaban J connectivity index is 2.08. The summed E-state index contributed by atoms with van der Waals surface area (Å²) in [4.78, 5) is 38.2. The molecule has 1 atom stereocenters. The van der Waals surface area contributed by atoms with Crippen molar-refractivity contribution in [3.63, 3.8) is 0 Å². The van der Waals surface area contributed by atoms with E-state index in [-0.39, 0.29) is 51.0 Å². The number of hydrogen-bond donors (Lipinski definition) is 2. The quantitative estimate of drug-likeness (QED) is 0.664. The second-order valence-corrected chi connectivity index (χ2v) is 6.47. The van der Waals surface area contributed by atoms with Crippen molar-refractivity contribution >= 4 is 17.3 Å². The number of hydrogen-bond acceptors (Lipinski definition) is 5. The van der Waals surface area contributed by atoms with Crippen molar-refractivity contribution in [2.24, 2.45) is 5.92 Å². The molecule has 0 aromatic heterocycles. The van der Waals surface area contributed by atoms with Crippen LogP contribution in [0.15, 0.2) is 24.3 Å². The highest BCUT2D eigenvalue weighted by molar-refractivity contribution is 6.32. The summed E-state index contributed by atoms with van der Waals surface area (Å²) in [7, 11) is 0. The standard InChI is InChI=1S/C19H14O5/c1-8-5-9-7-13(22)16-17(14(9)12(21)6-8)18(23)10-3-2-4-11(20)15(10)19(16)24/h2-4,7-8,20,22H,5-6H2,1H3/t8-/m0/s1. The van der Waals surface area contributed by atoms with Gasteiger partial charge in [0.2, 0.25) is 5.78 Å². The van der Waals surface area contributed by atoms with Crippen molar-refractivity contribution in [2.45, 2.75) is 19.8 Å². The average Bonchev–Trinajstić information content (AvgIpc) is 2.50. The van der Waals surface area contributed by atoms with E-state index >= 15 is 0 Å². The van der Waals surface area contributed by atoms with Crippen LogP contribution in [-0.2, 0) is 6.42 Å². The summed E-state index contributed by atoms with van der Waals surface area (Å²) in [6.45, 7) is 1.93. The van der Waals surface area contributed by atoms with Gasteiger partial charge in [-0.3, -0.25) is 14.4 Å². The fourth-order valence-corrected chi connectivity index (χ4v) is 3.75. The van der Waals surface area contributed by atoms with Gasteiger partial charge in [0.15, 0.2) is 11.6 Å². The van der Waals surface area contributed by atoms with E-state index in [2.05, 4.69) is 0 Å². The lowest BCUT2D eigenvalue weighted by atomic mass is 9.74. The van der Waals surface area contributed by atoms with Gasteiger partial charge in [-0.25, -0.2) is 0 Å². The molecule has 0 saturated heterocycles. The number of rotatable bonds is 0. The normalized spacial score (nSPS) is 18.9. The van der Waals surface area contributed by atoms with E-state index in [4.69, 9.17) is 0 Å². The number of ketones is 3. The van der Waals surface area contributed by atoms with E-state index in [9.17, 15) is 24.6 Å². The van der Waals surface area contributed by atoms with Gasteiger partial charge in [-0.1, -0.05) is 19.1 Å². The van der Waals surface area contributed by atoms with Crippen molar-refractivity contribution in [1.82, 2.24) is 0 Å². The van der Waals surface area contributed by atoms with Crippen LogP contribution >= 0.6 is 0 Å². The zero-order valence-corrected chi connectivity index (χ0v) is 12.9. The Kier molecular flexibility index (Phi) is 2.91. The summed E-state index contributed by atoms with van der Waals surface area (Å²) < 4.78 is 0. The maximum Gasteiger partial charge on any atom is 0.201 e. The summed E-state index contributed by atoms with van der Waals surface area (Å²) in [6.07, 6.45) is 0.870. The minimum absolute atomic E-state index is 0.0231. The van der Waals surface area contributed by atoms with Crippen LogP contribution in [0.2, 0.25) is 0 Å². The number of aromatic hydroxyl groups is 2. The topological polar surface area (TPSA) is 91.7 Å². The van der Waals surface area contributed by atoms with E-state index in [1.165, 1.54) is 24.3 Å². The van der Waals surface area contributed by atoms with Crippen LogP contribution in [0.4, 0.5) is 0 Å². The Morgan fingerprint density at radius 2 is 1.62 bits per heavy atom. The molecule has 4 rings (SSSR count). The Morgan fingerprint density at radius 3 is 2.38 bits per heavy atom. The van der Waals surface area contributed by atoms with Crippen molar-refractivity contribution < 1.29 is 24.6 Å². The van der Waals surface area contributed by atoms with Crippen LogP contribution in [-0.4, -0.2) is 27.6 Å². The molecule has 2 aliphatic rings. The molecule has 0 amide bonds. The molecule has 120 valence electrons.